The Kier molecular flexibility index (Phi) is 20.0. The van der Waals surface area contributed by atoms with Crippen LogP contribution in [-0.2, 0) is 38.0 Å². The van der Waals surface area contributed by atoms with Crippen molar-refractivity contribution in [2.24, 2.45) is 0 Å². The second-order valence-electron chi connectivity index (χ2n) is 5.34. The van der Waals surface area contributed by atoms with Gasteiger partial charge in [-0.1, -0.05) is 12.7 Å². The van der Waals surface area contributed by atoms with Gasteiger partial charge in [0.25, 0.3) is 0 Å². The first-order chi connectivity index (χ1) is 13.2. The quantitative estimate of drug-likeness (QED) is 0.126. The van der Waals surface area contributed by atoms with Crippen molar-refractivity contribution in [1.82, 2.24) is 0 Å². The molecule has 0 unspecified atom stereocenters. The molecule has 8 nitrogen and oxygen atoms in total. The van der Waals surface area contributed by atoms with E-state index in [1.54, 1.807) is 13.0 Å². The average molecular weight is 390 g/mol. The van der Waals surface area contributed by atoms with Crippen molar-refractivity contribution in [2.45, 2.75) is 6.92 Å². The molecule has 0 amide bonds. The first-order valence-electron chi connectivity index (χ1n) is 9.08. The van der Waals surface area contributed by atoms with E-state index in [1.165, 1.54) is 0 Å². The van der Waals surface area contributed by atoms with Gasteiger partial charge in [0.05, 0.1) is 79.3 Å². The van der Waals surface area contributed by atoms with Crippen LogP contribution in [0.5, 0.6) is 0 Å². The topological polar surface area (TPSA) is 81.7 Å². The fraction of sp³-hybridized carbons (Fsp3) is 0.737. The van der Waals surface area contributed by atoms with Gasteiger partial charge in [-0.3, -0.25) is 0 Å². The van der Waals surface area contributed by atoms with Crippen LogP contribution in [0.25, 0.3) is 0 Å². The summed E-state index contributed by atoms with van der Waals surface area (Å²) >= 11 is 0. The van der Waals surface area contributed by atoms with Gasteiger partial charge < -0.3 is 33.2 Å². The summed E-state index contributed by atoms with van der Waals surface area (Å²) in [6.07, 6.45) is 1.70. The lowest BCUT2D eigenvalue weighted by Crippen LogP contribution is -2.15. The van der Waals surface area contributed by atoms with E-state index in [4.69, 9.17) is 33.2 Å². The third kappa shape index (κ3) is 20.9. The summed E-state index contributed by atoms with van der Waals surface area (Å²) in [6.45, 7) is 14.8. The highest BCUT2D eigenvalue weighted by Crippen LogP contribution is 1.91. The third-order valence-electron chi connectivity index (χ3n) is 2.91. The summed E-state index contributed by atoms with van der Waals surface area (Å²) in [4.78, 5) is 11.1. The molecule has 0 bridgehead atoms. The van der Waals surface area contributed by atoms with Crippen molar-refractivity contribution < 1.29 is 38.0 Å². The molecule has 8 heteroatoms. The molecule has 0 N–H and O–H groups in total. The van der Waals surface area contributed by atoms with Crippen molar-refractivity contribution >= 4 is 5.97 Å². The standard InChI is InChI=1S/C19H34O8/c1-4-5-21-6-7-22-8-9-23-10-11-24-12-13-25-14-15-26-16-17-27-19(20)18(2)3/h4H,1-2,5-17H2,3H3. The lowest BCUT2D eigenvalue weighted by molar-refractivity contribution is -0.140. The highest BCUT2D eigenvalue weighted by Gasteiger charge is 2.01. The highest BCUT2D eigenvalue weighted by molar-refractivity contribution is 5.86. The maximum Gasteiger partial charge on any atom is 0.333 e. The molecule has 0 radical (unpaired) electrons. The number of hydrogen-bond donors (Lipinski definition) is 0. The molecule has 0 aromatic heterocycles. The Morgan fingerprint density at radius 1 is 0.667 bits per heavy atom. The van der Waals surface area contributed by atoms with E-state index in [0.29, 0.717) is 84.9 Å². The molecule has 0 aliphatic heterocycles. The molecule has 0 aliphatic rings. The van der Waals surface area contributed by atoms with E-state index in [2.05, 4.69) is 13.2 Å². The first-order valence-corrected chi connectivity index (χ1v) is 9.08. The molecule has 0 fully saturated rings. The van der Waals surface area contributed by atoms with Crippen molar-refractivity contribution in [3.8, 4) is 0 Å². The molecule has 0 aliphatic carbocycles. The summed E-state index contributed by atoms with van der Waals surface area (Å²) in [5.41, 5.74) is 0.377. The second kappa shape index (κ2) is 21.0. The summed E-state index contributed by atoms with van der Waals surface area (Å²) in [6, 6.07) is 0. The zero-order chi connectivity index (χ0) is 20.0. The molecule has 0 saturated heterocycles. The molecule has 0 aromatic rings. The SMILES string of the molecule is C=CCOCCOCCOCCOCCOCCOCCOC(=O)C(=C)C. The summed E-state index contributed by atoms with van der Waals surface area (Å²) in [5.74, 6) is -0.405. The fourth-order valence-electron chi connectivity index (χ4n) is 1.58. The van der Waals surface area contributed by atoms with Gasteiger partial charge >= 0.3 is 5.97 Å². The average Bonchev–Trinajstić information content (AvgIpc) is 2.66. The number of hydrogen-bond acceptors (Lipinski definition) is 8. The van der Waals surface area contributed by atoms with E-state index >= 15 is 0 Å². The minimum atomic E-state index is -0.405. The molecule has 0 saturated carbocycles. The number of rotatable bonds is 21. The molecular formula is C19H34O8. The predicted octanol–water partition coefficient (Wildman–Crippen LogP) is 1.39. The molecule has 27 heavy (non-hydrogen) atoms. The van der Waals surface area contributed by atoms with Crippen LogP contribution < -0.4 is 0 Å². The van der Waals surface area contributed by atoms with E-state index in [-0.39, 0.29) is 6.61 Å². The van der Waals surface area contributed by atoms with Crippen molar-refractivity contribution in [3.63, 3.8) is 0 Å². The van der Waals surface area contributed by atoms with Gasteiger partial charge in [0.1, 0.15) is 6.61 Å². The first kappa shape index (κ1) is 25.7. The summed E-state index contributed by atoms with van der Waals surface area (Å²) in [7, 11) is 0. The Morgan fingerprint density at radius 3 is 1.33 bits per heavy atom. The van der Waals surface area contributed by atoms with Gasteiger partial charge in [-0.25, -0.2) is 4.79 Å². The zero-order valence-electron chi connectivity index (χ0n) is 16.4. The Morgan fingerprint density at radius 2 is 1.00 bits per heavy atom. The number of carbonyl (C=O) groups is 1. The zero-order valence-corrected chi connectivity index (χ0v) is 16.4. The molecule has 0 rings (SSSR count). The highest BCUT2D eigenvalue weighted by atomic mass is 16.6. The smallest absolute Gasteiger partial charge is 0.333 e. The number of ether oxygens (including phenoxy) is 7. The van der Waals surface area contributed by atoms with Gasteiger partial charge in [0, 0.05) is 5.57 Å². The normalized spacial score (nSPS) is 10.7. The maximum atomic E-state index is 11.1. The molecule has 0 spiro atoms. The van der Waals surface area contributed by atoms with Crippen LogP contribution in [0, 0.1) is 0 Å². The molecule has 0 atom stereocenters. The molecule has 158 valence electrons. The Bertz CT molecular complexity index is 373. The predicted molar refractivity (Wildman–Crippen MR) is 101 cm³/mol. The number of carbonyl (C=O) groups excluding carboxylic acids is 1. The lowest BCUT2D eigenvalue weighted by atomic mass is 10.4. The van der Waals surface area contributed by atoms with Gasteiger partial charge in [0.2, 0.25) is 0 Å². The van der Waals surface area contributed by atoms with Crippen LogP contribution in [0.2, 0.25) is 0 Å². The van der Waals surface area contributed by atoms with E-state index in [0.717, 1.165) is 0 Å². The fourth-order valence-corrected chi connectivity index (χ4v) is 1.58. The van der Waals surface area contributed by atoms with Gasteiger partial charge in [-0.15, -0.1) is 6.58 Å². The molecule has 0 heterocycles. The maximum absolute atomic E-state index is 11.1. The van der Waals surface area contributed by atoms with E-state index in [9.17, 15) is 4.79 Å². The van der Waals surface area contributed by atoms with Crippen molar-refractivity contribution in [2.75, 3.05) is 85.9 Å². The second-order valence-corrected chi connectivity index (χ2v) is 5.34. The minimum Gasteiger partial charge on any atom is -0.460 e. The molecule has 0 aromatic carbocycles. The van der Waals surface area contributed by atoms with Crippen LogP contribution >= 0.6 is 0 Å². The summed E-state index contributed by atoms with van der Waals surface area (Å²) in [5, 5.41) is 0. The lowest BCUT2D eigenvalue weighted by Gasteiger charge is -2.08. The van der Waals surface area contributed by atoms with Crippen LogP contribution in [-0.4, -0.2) is 91.9 Å². The van der Waals surface area contributed by atoms with Crippen molar-refractivity contribution in [3.05, 3.63) is 24.8 Å². The van der Waals surface area contributed by atoms with Crippen LogP contribution in [0.15, 0.2) is 24.8 Å². The Hall–Kier alpha value is -1.29. The van der Waals surface area contributed by atoms with Gasteiger partial charge in [0.15, 0.2) is 0 Å². The van der Waals surface area contributed by atoms with Crippen LogP contribution in [0.3, 0.4) is 0 Å². The Labute approximate surface area is 162 Å². The Balaban J connectivity index is 3.06. The van der Waals surface area contributed by atoms with Crippen molar-refractivity contribution in [1.29, 1.82) is 0 Å². The van der Waals surface area contributed by atoms with Crippen LogP contribution in [0.1, 0.15) is 6.92 Å². The minimum absolute atomic E-state index is 0.211. The number of esters is 1. The third-order valence-corrected chi connectivity index (χ3v) is 2.91. The van der Waals surface area contributed by atoms with Gasteiger partial charge in [-0.05, 0) is 6.92 Å². The molecular weight excluding hydrogens is 356 g/mol. The van der Waals surface area contributed by atoms with E-state index in [1.807, 2.05) is 0 Å². The summed E-state index contributed by atoms with van der Waals surface area (Å²) < 4.78 is 36.7. The largest absolute Gasteiger partial charge is 0.460 e. The monoisotopic (exact) mass is 390 g/mol. The van der Waals surface area contributed by atoms with Crippen LogP contribution in [0.4, 0.5) is 0 Å². The van der Waals surface area contributed by atoms with Gasteiger partial charge in [-0.2, -0.15) is 0 Å². The van der Waals surface area contributed by atoms with E-state index < -0.39 is 5.97 Å².